The third kappa shape index (κ3) is 6.42. The third-order valence-electron chi connectivity index (χ3n) is 6.77. The SMILES string of the molecule is CC1CN(c2ccc(NC(=O)[C@H](CC(F)(F)F)n3nc(C(F)(F)F)c(Cl)c3C3CC3)c(-c3nn[nH]n3)c2)C[C@H](C)O1. The Balaban J connectivity index is 1.53. The van der Waals surface area contributed by atoms with Gasteiger partial charge in [-0.3, -0.25) is 9.48 Å². The highest BCUT2D eigenvalue weighted by atomic mass is 35.5. The first kappa shape index (κ1) is 29.1. The fraction of sp³-hybridized carbons (Fsp3) is 0.542. The van der Waals surface area contributed by atoms with Gasteiger partial charge in [0, 0.05) is 30.3 Å². The van der Waals surface area contributed by atoms with Crippen LogP contribution in [-0.2, 0) is 15.7 Å². The Hall–Kier alpha value is -3.40. The fourth-order valence-corrected chi connectivity index (χ4v) is 5.37. The zero-order chi connectivity index (χ0) is 29.7. The molecule has 0 spiro atoms. The Morgan fingerprint density at radius 1 is 1.17 bits per heavy atom. The van der Waals surface area contributed by atoms with Crippen molar-refractivity contribution in [3.63, 3.8) is 0 Å². The van der Waals surface area contributed by atoms with E-state index < -0.39 is 47.4 Å². The third-order valence-corrected chi connectivity index (χ3v) is 7.15. The number of H-pyrrole nitrogens is 1. The number of hydrogen-bond donors (Lipinski definition) is 2. The first-order valence-corrected chi connectivity index (χ1v) is 13.1. The summed E-state index contributed by atoms with van der Waals surface area (Å²) in [5.41, 5.74) is -0.802. The number of alkyl halides is 6. The van der Waals surface area contributed by atoms with Crippen molar-refractivity contribution in [2.75, 3.05) is 23.3 Å². The highest BCUT2D eigenvalue weighted by Crippen LogP contribution is 2.48. The number of anilines is 2. The number of carbonyl (C=O) groups excluding carboxylic acids is 1. The van der Waals surface area contributed by atoms with E-state index in [4.69, 9.17) is 16.3 Å². The summed E-state index contributed by atoms with van der Waals surface area (Å²) in [7, 11) is 0. The molecule has 1 saturated heterocycles. The molecule has 5 rings (SSSR count). The summed E-state index contributed by atoms with van der Waals surface area (Å²) in [5.74, 6) is -1.73. The number of nitrogens with zero attached hydrogens (tertiary/aromatic N) is 6. The van der Waals surface area contributed by atoms with Crippen molar-refractivity contribution in [2.45, 2.75) is 69.6 Å². The number of rotatable bonds is 7. The van der Waals surface area contributed by atoms with Gasteiger partial charge in [0.05, 0.1) is 35.0 Å². The number of aromatic nitrogens is 6. The van der Waals surface area contributed by atoms with Gasteiger partial charge in [-0.15, -0.1) is 10.2 Å². The van der Waals surface area contributed by atoms with Gasteiger partial charge in [0.2, 0.25) is 11.7 Å². The molecule has 1 aromatic carbocycles. The van der Waals surface area contributed by atoms with Crippen LogP contribution >= 0.6 is 11.6 Å². The maximum atomic E-state index is 13.7. The molecule has 0 bridgehead atoms. The first-order valence-electron chi connectivity index (χ1n) is 12.7. The van der Waals surface area contributed by atoms with Crippen LogP contribution in [0, 0.1) is 0 Å². The molecule has 3 heterocycles. The van der Waals surface area contributed by atoms with Crippen LogP contribution in [-0.4, -0.2) is 67.8 Å². The van der Waals surface area contributed by atoms with Crippen LogP contribution in [0.4, 0.5) is 37.7 Å². The Morgan fingerprint density at radius 3 is 2.41 bits per heavy atom. The van der Waals surface area contributed by atoms with E-state index >= 15 is 0 Å². The van der Waals surface area contributed by atoms with Crippen molar-refractivity contribution in [3.05, 3.63) is 34.6 Å². The standard InChI is InChI=1S/C24H25ClF6N8O2/c1-11-9-38(10-12(2)41-11)14-5-6-16(15(7-14)21-33-36-37-34-21)32-22(40)17(8-23(26,27)28)39-19(13-3-4-13)18(25)20(35-39)24(29,30)31/h5-7,11-13,17H,3-4,8-10H2,1-2H3,(H,32,40)(H,33,34,36,37)/t11-,12?,17-/m0/s1. The lowest BCUT2D eigenvalue weighted by atomic mass is 10.1. The summed E-state index contributed by atoms with van der Waals surface area (Å²) in [4.78, 5) is 15.5. The summed E-state index contributed by atoms with van der Waals surface area (Å²) >= 11 is 5.98. The monoisotopic (exact) mass is 606 g/mol. The van der Waals surface area contributed by atoms with Crippen molar-refractivity contribution in [1.29, 1.82) is 0 Å². The number of aromatic amines is 1. The van der Waals surface area contributed by atoms with Gasteiger partial charge in [-0.2, -0.15) is 36.7 Å². The molecule has 3 aromatic rings. The van der Waals surface area contributed by atoms with Gasteiger partial charge in [0.25, 0.3) is 0 Å². The number of morpholine rings is 1. The Labute approximate surface area is 234 Å². The molecular formula is C24H25ClF6N8O2. The summed E-state index contributed by atoms with van der Waals surface area (Å²) in [5, 5.41) is 18.7. The van der Waals surface area contributed by atoms with Crippen LogP contribution < -0.4 is 10.2 Å². The number of ether oxygens (including phenoxy) is 1. The van der Waals surface area contributed by atoms with E-state index in [9.17, 15) is 31.1 Å². The Morgan fingerprint density at radius 2 is 1.85 bits per heavy atom. The number of amides is 1. The van der Waals surface area contributed by atoms with Gasteiger partial charge in [-0.25, -0.2) is 0 Å². The molecule has 222 valence electrons. The number of nitrogens with one attached hydrogen (secondary N) is 2. The largest absolute Gasteiger partial charge is 0.436 e. The second-order valence-corrected chi connectivity index (χ2v) is 10.6. The number of carbonyl (C=O) groups is 1. The molecule has 1 saturated carbocycles. The molecule has 2 N–H and O–H groups in total. The molecule has 2 aliphatic rings. The molecule has 2 fully saturated rings. The molecule has 3 atom stereocenters. The molecule has 17 heteroatoms. The maximum absolute atomic E-state index is 13.7. The number of halogens is 7. The quantitative estimate of drug-likeness (QED) is 0.348. The molecule has 1 amide bonds. The van der Waals surface area contributed by atoms with Gasteiger partial charge in [0.1, 0.15) is 6.04 Å². The van der Waals surface area contributed by atoms with E-state index in [2.05, 4.69) is 31.0 Å². The first-order chi connectivity index (χ1) is 19.2. The maximum Gasteiger partial charge on any atom is 0.436 e. The molecule has 1 unspecified atom stereocenters. The van der Waals surface area contributed by atoms with E-state index in [1.54, 1.807) is 12.1 Å². The van der Waals surface area contributed by atoms with Crippen LogP contribution in [0.15, 0.2) is 18.2 Å². The molecule has 0 radical (unpaired) electrons. The van der Waals surface area contributed by atoms with Gasteiger partial charge < -0.3 is 15.0 Å². The minimum absolute atomic E-state index is 0.0314. The minimum Gasteiger partial charge on any atom is -0.372 e. The lowest BCUT2D eigenvalue weighted by Crippen LogP contribution is -2.45. The molecular weight excluding hydrogens is 582 g/mol. The molecule has 1 aliphatic heterocycles. The van der Waals surface area contributed by atoms with Crippen molar-refractivity contribution < 1.29 is 35.9 Å². The fourth-order valence-electron chi connectivity index (χ4n) is 4.98. The molecule has 1 aliphatic carbocycles. The van der Waals surface area contributed by atoms with Crippen molar-refractivity contribution in [2.24, 2.45) is 0 Å². The smallest absolute Gasteiger partial charge is 0.372 e. The van der Waals surface area contributed by atoms with Gasteiger partial charge in [-0.05, 0) is 50.1 Å². The Bertz CT molecular complexity index is 1400. The second-order valence-electron chi connectivity index (χ2n) is 10.2. The summed E-state index contributed by atoms with van der Waals surface area (Å²) < 4.78 is 88.1. The molecule has 2 aromatic heterocycles. The van der Waals surface area contributed by atoms with Crippen LogP contribution in [0.2, 0.25) is 5.02 Å². The van der Waals surface area contributed by atoms with Gasteiger partial charge in [-0.1, -0.05) is 11.6 Å². The number of tetrazole rings is 1. The van der Waals surface area contributed by atoms with Crippen LogP contribution in [0.1, 0.15) is 56.5 Å². The van der Waals surface area contributed by atoms with Crippen molar-refractivity contribution in [1.82, 2.24) is 30.4 Å². The average molecular weight is 607 g/mol. The zero-order valence-corrected chi connectivity index (χ0v) is 22.5. The average Bonchev–Trinajstić information content (AvgIpc) is 3.41. The minimum atomic E-state index is -5.03. The van der Waals surface area contributed by atoms with Gasteiger partial charge in [0.15, 0.2) is 5.69 Å². The lowest BCUT2D eigenvalue weighted by Gasteiger charge is -2.37. The summed E-state index contributed by atoms with van der Waals surface area (Å²) in [6, 6.07) is 2.60. The zero-order valence-electron chi connectivity index (χ0n) is 21.7. The van der Waals surface area contributed by atoms with E-state index in [0.717, 1.165) is 0 Å². The van der Waals surface area contributed by atoms with Crippen molar-refractivity contribution in [3.8, 4) is 11.4 Å². The van der Waals surface area contributed by atoms with E-state index in [1.165, 1.54) is 6.07 Å². The number of hydrogen-bond acceptors (Lipinski definition) is 7. The van der Waals surface area contributed by atoms with Crippen LogP contribution in [0.5, 0.6) is 0 Å². The Kier molecular flexibility index (Phi) is 7.65. The van der Waals surface area contributed by atoms with Crippen LogP contribution in [0.25, 0.3) is 11.4 Å². The van der Waals surface area contributed by atoms with Gasteiger partial charge >= 0.3 is 12.4 Å². The normalized spacial score (nSPS) is 20.8. The summed E-state index contributed by atoms with van der Waals surface area (Å²) in [6.45, 7) is 4.95. The van der Waals surface area contributed by atoms with Crippen molar-refractivity contribution >= 4 is 28.9 Å². The summed E-state index contributed by atoms with van der Waals surface area (Å²) in [6.07, 6.45) is -11.0. The molecule has 10 nitrogen and oxygen atoms in total. The lowest BCUT2D eigenvalue weighted by molar-refractivity contribution is -0.152. The van der Waals surface area contributed by atoms with Crippen LogP contribution in [0.3, 0.4) is 0 Å². The van der Waals surface area contributed by atoms with E-state index in [0.29, 0.717) is 36.3 Å². The molecule has 41 heavy (non-hydrogen) atoms. The highest BCUT2D eigenvalue weighted by Gasteiger charge is 2.46. The second kappa shape index (κ2) is 10.8. The predicted molar refractivity (Wildman–Crippen MR) is 134 cm³/mol. The highest BCUT2D eigenvalue weighted by molar-refractivity contribution is 6.32. The van der Waals surface area contributed by atoms with E-state index in [-0.39, 0.29) is 35.0 Å². The predicted octanol–water partition coefficient (Wildman–Crippen LogP) is 5.36. The van der Waals surface area contributed by atoms with E-state index in [1.807, 2.05) is 18.7 Å². The number of benzene rings is 1. The topological polar surface area (TPSA) is 114 Å².